The van der Waals surface area contributed by atoms with E-state index in [1.807, 2.05) is 13.8 Å². The van der Waals surface area contributed by atoms with Gasteiger partial charge in [0.05, 0.1) is 0 Å². The third-order valence-corrected chi connectivity index (χ3v) is 0. The zero-order valence-corrected chi connectivity index (χ0v) is 5.77. The van der Waals surface area contributed by atoms with Crippen molar-refractivity contribution in [3.63, 3.8) is 0 Å². The van der Waals surface area contributed by atoms with E-state index in [1.165, 1.54) is 6.42 Å². The Balaban J connectivity index is -0.0000000105. The van der Waals surface area contributed by atoms with Gasteiger partial charge in [-0.05, 0) is 0 Å². The Morgan fingerprint density at radius 3 is 1.00 bits per heavy atom. The van der Waals surface area contributed by atoms with Gasteiger partial charge in [-0.3, -0.25) is 0 Å². The summed E-state index contributed by atoms with van der Waals surface area (Å²) in [4.78, 5) is 0. The molecular formula is C6H18Ar. The molecule has 50 valence electrons. The molecule has 0 aromatic heterocycles. The van der Waals surface area contributed by atoms with Gasteiger partial charge in [-0.15, -0.1) is 0 Å². The fraction of sp³-hybridized carbons (Fsp3) is 1.00. The van der Waals surface area contributed by atoms with Crippen LogP contribution in [-0.4, -0.2) is 0 Å². The minimum atomic E-state index is 0. The minimum absolute atomic E-state index is 0. The van der Waals surface area contributed by atoms with Crippen molar-refractivity contribution in [3.8, 4) is 0 Å². The number of hydrogen-bond acceptors (Lipinski definition) is 0. The van der Waals surface area contributed by atoms with Crippen molar-refractivity contribution < 1.29 is 37.7 Å². The largest absolute Gasteiger partial charge is 0.0776 e. The van der Waals surface area contributed by atoms with Crippen LogP contribution in [0, 0.1) is 37.7 Å². The summed E-state index contributed by atoms with van der Waals surface area (Å²) in [5.41, 5.74) is 0. The molecule has 1 heteroatoms. The molecule has 0 aliphatic heterocycles. The van der Waals surface area contributed by atoms with Crippen molar-refractivity contribution in [3.05, 3.63) is 0 Å². The number of rotatable bonds is 0. The van der Waals surface area contributed by atoms with E-state index in [2.05, 4.69) is 13.8 Å². The Hall–Kier alpha value is 1.26. The van der Waals surface area contributed by atoms with E-state index in [0.29, 0.717) is 0 Å². The summed E-state index contributed by atoms with van der Waals surface area (Å²) in [6.45, 7) is 8.25. The standard InChI is InChI=1S/C3H8.C2H6.CH4.Ar/c1-3-2;1-2;;/h3H2,1-2H3;1-2H3;1H4;. The van der Waals surface area contributed by atoms with Crippen LogP contribution < -0.4 is 0 Å². The van der Waals surface area contributed by atoms with Crippen molar-refractivity contribution in [1.29, 1.82) is 0 Å². The molecule has 0 amide bonds. The van der Waals surface area contributed by atoms with Crippen LogP contribution in [0.4, 0.5) is 0 Å². The van der Waals surface area contributed by atoms with Crippen LogP contribution in [-0.2, 0) is 0 Å². The van der Waals surface area contributed by atoms with Gasteiger partial charge in [-0.1, -0.05) is 41.5 Å². The van der Waals surface area contributed by atoms with Crippen molar-refractivity contribution >= 4 is 0 Å². The summed E-state index contributed by atoms with van der Waals surface area (Å²) in [7, 11) is 0. The van der Waals surface area contributed by atoms with Crippen molar-refractivity contribution in [1.82, 2.24) is 0 Å². The summed E-state index contributed by atoms with van der Waals surface area (Å²) in [5, 5.41) is 0. The topological polar surface area (TPSA) is 0 Å². The van der Waals surface area contributed by atoms with E-state index in [-0.39, 0.29) is 45.2 Å². The molecule has 0 aromatic rings. The quantitative estimate of drug-likeness (QED) is 0.472. The fourth-order valence-electron chi connectivity index (χ4n) is 0. The summed E-state index contributed by atoms with van der Waals surface area (Å²) >= 11 is 0. The van der Waals surface area contributed by atoms with Gasteiger partial charge in [0.25, 0.3) is 0 Å². The normalized spacial score (nSPS) is 3.43. The van der Waals surface area contributed by atoms with E-state index in [9.17, 15) is 0 Å². The van der Waals surface area contributed by atoms with Gasteiger partial charge in [0.15, 0.2) is 0 Å². The molecular weight excluding hydrogens is 112 g/mol. The molecule has 0 nitrogen and oxygen atoms in total. The van der Waals surface area contributed by atoms with E-state index in [4.69, 9.17) is 0 Å². The number of hydrogen-bond donors (Lipinski definition) is 0. The van der Waals surface area contributed by atoms with Crippen LogP contribution in [0.5, 0.6) is 0 Å². The first-order valence-corrected chi connectivity index (χ1v) is 2.41. The smallest absolute Gasteiger partial charge is 0 e. The van der Waals surface area contributed by atoms with Crippen LogP contribution >= 0.6 is 0 Å². The molecule has 7 heavy (non-hydrogen) atoms. The molecule has 0 aliphatic rings. The summed E-state index contributed by atoms with van der Waals surface area (Å²) in [5.74, 6) is 0. The monoisotopic (exact) mass is 130 g/mol. The van der Waals surface area contributed by atoms with Crippen LogP contribution in [0.1, 0.15) is 41.5 Å². The Labute approximate surface area is 78.7 Å². The van der Waals surface area contributed by atoms with Gasteiger partial charge in [0.2, 0.25) is 0 Å². The zero-order chi connectivity index (χ0) is 4.71. The molecule has 0 rings (SSSR count). The molecule has 0 saturated carbocycles. The Bertz CT molecular complexity index is 4.14. The second kappa shape index (κ2) is 55.7. The summed E-state index contributed by atoms with van der Waals surface area (Å²) in [6, 6.07) is 0. The van der Waals surface area contributed by atoms with Crippen LogP contribution in [0.15, 0.2) is 0 Å². The van der Waals surface area contributed by atoms with Gasteiger partial charge < -0.3 is 0 Å². The molecule has 0 aliphatic carbocycles. The molecule has 0 bridgehead atoms. The van der Waals surface area contributed by atoms with Crippen molar-refractivity contribution in [2.75, 3.05) is 0 Å². The minimum Gasteiger partial charge on any atom is -0.0776 e. The van der Waals surface area contributed by atoms with E-state index in [0.717, 1.165) is 0 Å². The van der Waals surface area contributed by atoms with Gasteiger partial charge in [0.1, 0.15) is 0 Å². The summed E-state index contributed by atoms with van der Waals surface area (Å²) in [6.07, 6.45) is 1.25. The predicted octanol–water partition coefficient (Wildman–Crippen LogP) is 3.08. The maximum Gasteiger partial charge on any atom is 0 e. The van der Waals surface area contributed by atoms with Gasteiger partial charge >= 0.3 is 0 Å². The van der Waals surface area contributed by atoms with Crippen molar-refractivity contribution in [2.24, 2.45) is 0 Å². The second-order valence-electron chi connectivity index (χ2n) is 0.707. The Morgan fingerprint density at radius 1 is 1.00 bits per heavy atom. The van der Waals surface area contributed by atoms with E-state index in [1.54, 1.807) is 0 Å². The molecule has 0 fully saturated rings. The molecule has 0 radical (unpaired) electrons. The third kappa shape index (κ3) is 127. The van der Waals surface area contributed by atoms with Crippen molar-refractivity contribution in [2.45, 2.75) is 41.5 Å². The van der Waals surface area contributed by atoms with Crippen LogP contribution in [0.25, 0.3) is 0 Å². The molecule has 0 aromatic carbocycles. The molecule has 0 spiro atoms. The Morgan fingerprint density at radius 2 is 1.00 bits per heavy atom. The Kier molecular flexibility index (Phi) is 191. The zero-order valence-electron chi connectivity index (χ0n) is 5.06. The van der Waals surface area contributed by atoms with Crippen LogP contribution in [0.2, 0.25) is 0 Å². The van der Waals surface area contributed by atoms with Gasteiger partial charge in [-0.2, -0.15) is 0 Å². The van der Waals surface area contributed by atoms with Gasteiger partial charge in [-0.25, -0.2) is 0 Å². The molecule has 0 unspecified atom stereocenters. The molecule has 0 N–H and O–H groups in total. The predicted molar refractivity (Wildman–Crippen MR) is 34.0 cm³/mol. The fourth-order valence-corrected chi connectivity index (χ4v) is 0. The molecule has 0 atom stereocenters. The molecule has 0 heterocycles. The average Bonchev–Trinajstić information content (AvgIpc) is 1.46. The van der Waals surface area contributed by atoms with Crippen LogP contribution in [0.3, 0.4) is 0 Å². The SMILES string of the molecule is C.CC.CCC.[Ar]. The summed E-state index contributed by atoms with van der Waals surface area (Å²) < 4.78 is 0. The maximum atomic E-state index is 2.12. The first-order valence-electron chi connectivity index (χ1n) is 2.41. The first-order chi connectivity index (χ1) is 2.41. The van der Waals surface area contributed by atoms with Gasteiger partial charge in [0, 0.05) is 37.7 Å². The third-order valence-electron chi connectivity index (χ3n) is 0. The van der Waals surface area contributed by atoms with E-state index < -0.39 is 0 Å². The average molecular weight is 130 g/mol. The first kappa shape index (κ1) is 24.0. The molecule has 0 saturated heterocycles. The second-order valence-corrected chi connectivity index (χ2v) is 0.707. The maximum absolute atomic E-state index is 2.12. The van der Waals surface area contributed by atoms with E-state index >= 15 is 0 Å².